The molecule has 8 N–H and O–H groups in total. The molecule has 368 valence electrons. The van der Waals surface area contributed by atoms with Crippen LogP contribution in [0.2, 0.25) is 0 Å². The quantitative estimate of drug-likeness (QED) is 0.0473. The van der Waals surface area contributed by atoms with E-state index in [1.54, 1.807) is 29.6 Å². The molecule has 25 nitrogen and oxygen atoms in total. The van der Waals surface area contributed by atoms with Crippen molar-refractivity contribution in [3.05, 3.63) is 6.20 Å². The summed E-state index contributed by atoms with van der Waals surface area (Å²) in [7, 11) is 36.8. The predicted octanol–water partition coefficient (Wildman–Crippen LogP) is -7.13. The van der Waals surface area contributed by atoms with Gasteiger partial charge in [0, 0.05) is 115 Å². The van der Waals surface area contributed by atoms with E-state index in [0.717, 1.165) is 0 Å². The van der Waals surface area contributed by atoms with Crippen LogP contribution < -0.4 is 27.4 Å². The van der Waals surface area contributed by atoms with Gasteiger partial charge < -0.3 is 80.2 Å². The number of rotatable bonds is 15. The van der Waals surface area contributed by atoms with Crippen molar-refractivity contribution in [1.29, 1.82) is 0 Å². The average Bonchev–Trinajstić information content (AvgIpc) is 3.78. The Labute approximate surface area is 412 Å². The first-order valence-corrected chi connectivity index (χ1v) is 24.7. The number of anilines is 1. The fourth-order valence-corrected chi connectivity index (χ4v) is 10.9. The van der Waals surface area contributed by atoms with Gasteiger partial charge in [-0.1, -0.05) is 5.21 Å². The molecule has 6 aliphatic heterocycles. The lowest BCUT2D eigenvalue weighted by Crippen LogP contribution is -2.55. The molecule has 6 fully saturated rings. The number of nitrogens with zero attached hydrogens (tertiary/aromatic N) is 12. The maximum atomic E-state index is 14.2. The van der Waals surface area contributed by atoms with Crippen LogP contribution in [0.4, 0.5) is 5.82 Å². The molecular weight excluding hydrogens is 908 g/mol. The van der Waals surface area contributed by atoms with Crippen LogP contribution >= 0.6 is 7.67 Å². The highest BCUT2D eigenvalue weighted by atomic mass is 31.2. The van der Waals surface area contributed by atoms with E-state index in [1.807, 2.05) is 19.6 Å². The summed E-state index contributed by atoms with van der Waals surface area (Å²) in [5.41, 5.74) is 19.4. The fraction of sp³-hybridized carbons (Fsp3) is 0.865. The van der Waals surface area contributed by atoms with E-state index in [0.29, 0.717) is 90.3 Å². The molecule has 0 aliphatic carbocycles. The zero-order valence-electron chi connectivity index (χ0n) is 39.5. The molecular formula is C37H63B6N16O9P. The van der Waals surface area contributed by atoms with Crippen LogP contribution in [-0.4, -0.2) is 307 Å². The minimum absolute atomic E-state index is 0.0383. The Morgan fingerprint density at radius 1 is 0.681 bits per heavy atom. The molecule has 13 atom stereocenters. The van der Waals surface area contributed by atoms with Gasteiger partial charge in [0.15, 0.2) is 23.7 Å². The van der Waals surface area contributed by atoms with E-state index in [2.05, 4.69) is 30.6 Å². The van der Waals surface area contributed by atoms with Gasteiger partial charge in [-0.2, -0.15) is 0 Å². The monoisotopic (exact) mass is 973 g/mol. The van der Waals surface area contributed by atoms with Crippen LogP contribution in [0, 0.1) is 0 Å². The van der Waals surface area contributed by atoms with Crippen molar-refractivity contribution in [3.63, 3.8) is 0 Å². The van der Waals surface area contributed by atoms with Gasteiger partial charge in [0.05, 0.1) is 82.2 Å². The molecule has 0 bridgehead atoms. The van der Waals surface area contributed by atoms with Crippen LogP contribution in [0.15, 0.2) is 21.2 Å². The van der Waals surface area contributed by atoms with Crippen LogP contribution in [0.1, 0.15) is 0 Å². The van der Waals surface area contributed by atoms with E-state index < -0.39 is 68.2 Å². The molecule has 7 rings (SSSR count). The molecule has 0 amide bonds. The van der Waals surface area contributed by atoms with Crippen molar-refractivity contribution in [2.24, 2.45) is 32.2 Å². The molecule has 6 saturated heterocycles. The Kier molecular flexibility index (Phi) is 19.1. The maximum absolute atomic E-state index is 14.2. The first kappa shape index (κ1) is 53.7. The highest BCUT2D eigenvalue weighted by Gasteiger charge is 2.42. The lowest BCUT2D eigenvalue weighted by molar-refractivity contribution is -0.0579. The number of aromatic nitrogens is 3. The van der Waals surface area contributed by atoms with Gasteiger partial charge in [-0.25, -0.2) is 14.0 Å². The summed E-state index contributed by atoms with van der Waals surface area (Å²) in [6, 6.07) is -3.71. The molecule has 7 heterocycles. The topological polar surface area (TPSA) is 279 Å². The largest absolute Gasteiger partial charge is 0.394 e. The van der Waals surface area contributed by atoms with Gasteiger partial charge in [0.1, 0.15) is 47.1 Å². The van der Waals surface area contributed by atoms with E-state index in [1.165, 1.54) is 4.67 Å². The Morgan fingerprint density at radius 3 is 1.74 bits per heavy atom. The number of aliphatic hydroxyl groups is 1. The highest BCUT2D eigenvalue weighted by Crippen LogP contribution is 2.53. The van der Waals surface area contributed by atoms with Gasteiger partial charge >= 0.3 is 7.67 Å². The minimum atomic E-state index is -3.57. The standard InChI is InChI=1S/C37H63B6N16O9P/c1-53(2)69(61,59-13-26(20-60)67-33(43)18-59)62-21-27-11-54(14-29(39)68-27)34-19-58(52-51-34)12-25-10-57(17-32(42)66-25)37(46)50-6-24-9-56(16-31(41)65-24)36(45)49-5-23-8-55(15-30(40)64-23)35(44)48-4-22-3-47-7-28(38)63-22/h19,22-33,47,60H,3-18,20-21H2,1-2H3,(H2,44,48)(H2,45,49)(H2,46,50). The summed E-state index contributed by atoms with van der Waals surface area (Å²) in [5, 5.41) is 21.6. The average molecular weight is 972 g/mol. The molecule has 0 aromatic carbocycles. The fourth-order valence-electron chi connectivity index (χ4n) is 8.87. The molecule has 32 heteroatoms. The van der Waals surface area contributed by atoms with Crippen LogP contribution in [0.25, 0.3) is 0 Å². The maximum Gasteiger partial charge on any atom is 0.345 e. The predicted molar refractivity (Wildman–Crippen MR) is 262 cm³/mol. The summed E-state index contributed by atoms with van der Waals surface area (Å²) in [6.07, 6.45) is -0.798. The van der Waals surface area contributed by atoms with Crippen molar-refractivity contribution >= 4 is 78.4 Å². The summed E-state index contributed by atoms with van der Waals surface area (Å²) < 4.78 is 60.3. The summed E-state index contributed by atoms with van der Waals surface area (Å²) in [6.45, 7) is 5.17. The van der Waals surface area contributed by atoms with Crippen LogP contribution in [0.3, 0.4) is 0 Å². The number of ether oxygens (including phenoxy) is 6. The minimum Gasteiger partial charge on any atom is -0.394 e. The molecule has 69 heavy (non-hydrogen) atoms. The number of aliphatic hydroxyl groups excluding tert-OH is 1. The van der Waals surface area contributed by atoms with E-state index in [4.69, 9.17) is 97.2 Å². The summed E-state index contributed by atoms with van der Waals surface area (Å²) in [5.74, 6) is 1.42. The normalized spacial score (nSPS) is 34.8. The summed E-state index contributed by atoms with van der Waals surface area (Å²) >= 11 is 0. The van der Waals surface area contributed by atoms with Gasteiger partial charge in [-0.05, 0) is 14.1 Å². The number of morpholine rings is 6. The molecule has 12 radical (unpaired) electrons. The van der Waals surface area contributed by atoms with Gasteiger partial charge in [-0.15, -0.1) is 5.10 Å². The van der Waals surface area contributed by atoms with E-state index in [9.17, 15) is 9.67 Å². The second-order valence-electron chi connectivity index (χ2n) is 18.1. The van der Waals surface area contributed by atoms with Crippen LogP contribution in [0.5, 0.6) is 0 Å². The molecule has 1 aromatic rings. The summed E-state index contributed by atoms with van der Waals surface area (Å²) in [4.78, 5) is 21.3. The van der Waals surface area contributed by atoms with Gasteiger partial charge in [-0.3, -0.25) is 19.5 Å². The Morgan fingerprint density at radius 2 is 1.17 bits per heavy atom. The lowest BCUT2D eigenvalue weighted by Gasteiger charge is -2.43. The third-order valence-electron chi connectivity index (χ3n) is 12.1. The molecule has 1 aromatic heterocycles. The number of hydrogen-bond acceptors (Lipinski definition) is 16. The van der Waals surface area contributed by atoms with Crippen molar-refractivity contribution in [3.8, 4) is 0 Å². The van der Waals surface area contributed by atoms with Gasteiger partial charge in [0.2, 0.25) is 0 Å². The lowest BCUT2D eigenvalue weighted by atomic mass is 9.97. The second-order valence-corrected chi connectivity index (χ2v) is 20.7. The van der Waals surface area contributed by atoms with E-state index >= 15 is 0 Å². The van der Waals surface area contributed by atoms with Crippen molar-refractivity contribution in [1.82, 2.24) is 44.4 Å². The number of nitrogens with one attached hydrogen (secondary N) is 1. The number of nitrogens with two attached hydrogens (primary N) is 3. The first-order chi connectivity index (χ1) is 32.9. The zero-order valence-corrected chi connectivity index (χ0v) is 40.4. The third kappa shape index (κ3) is 15.0. The SMILES string of the molecule is [B]C1CNCC(CN=C(N)N2CC([B])OC(CN=C(N)N3CC([B])OC(CN=C(N)N4CC([B])OC(Cn5cc(N6CC([B])OC(COP(=O)(N(C)C)N7CC([B])OC(CO)C7)C6)nn5)C4)C3)C2)O1. The number of aliphatic imine (C=N–C) groups is 3. The molecule has 13 unspecified atom stereocenters. The van der Waals surface area contributed by atoms with Crippen molar-refractivity contribution in [2.75, 3.05) is 130 Å². The number of guanidine groups is 3. The zero-order chi connectivity index (χ0) is 49.4. The molecule has 0 saturated carbocycles. The Bertz CT molecular complexity index is 1960. The Hall–Kier alpha value is -3.07. The van der Waals surface area contributed by atoms with Crippen molar-refractivity contribution in [2.45, 2.75) is 79.2 Å². The first-order valence-electron chi connectivity index (χ1n) is 23.2. The number of hydrogen-bond donors (Lipinski definition) is 5. The van der Waals surface area contributed by atoms with Gasteiger partial charge in [0.25, 0.3) is 0 Å². The van der Waals surface area contributed by atoms with Crippen molar-refractivity contribution < 1.29 is 42.6 Å². The van der Waals surface area contributed by atoms with E-state index in [-0.39, 0.29) is 63.4 Å². The highest BCUT2D eigenvalue weighted by molar-refractivity contribution is 7.53. The second kappa shape index (κ2) is 24.6. The molecule has 6 aliphatic rings. The third-order valence-corrected chi connectivity index (χ3v) is 14.6. The smallest absolute Gasteiger partial charge is 0.345 e. The Balaban J connectivity index is 0.879. The molecule has 0 spiro atoms. The van der Waals surface area contributed by atoms with Crippen LogP contribution in [-0.2, 0) is 44.1 Å².